The summed E-state index contributed by atoms with van der Waals surface area (Å²) in [6.07, 6.45) is -10.8. The number of carbonyl (C=O) groups is 8. The van der Waals surface area contributed by atoms with Crippen molar-refractivity contribution < 1.29 is 135 Å². The summed E-state index contributed by atoms with van der Waals surface area (Å²) in [5, 5.41) is 67.3. The van der Waals surface area contributed by atoms with E-state index in [2.05, 4.69) is 50.8 Å². The highest BCUT2D eigenvalue weighted by atomic mass is 16.7. The molecule has 7 atom stereocenters. The number of hydrogen-bond acceptors (Lipinski definition) is 27. The van der Waals surface area contributed by atoms with Gasteiger partial charge in [0.15, 0.2) is 23.8 Å². The minimum atomic E-state index is -2.03. The maximum absolute atomic E-state index is 14.6. The van der Waals surface area contributed by atoms with Gasteiger partial charge in [-0.25, -0.2) is 24.1 Å². The highest BCUT2D eigenvalue weighted by Crippen LogP contribution is 2.45. The maximum Gasteiger partial charge on any atom is 0.416 e. The third-order valence-electron chi connectivity index (χ3n) is 19.2. The number of alkyl carbamates (subject to hydrolysis) is 1. The molecule has 36 heteroatoms. The van der Waals surface area contributed by atoms with Gasteiger partial charge in [-0.2, -0.15) is 0 Å². The number of nitrogens with zero attached hydrogens (tertiary/aromatic N) is 3. The highest BCUT2D eigenvalue weighted by molar-refractivity contribution is 6.06. The molecule has 2 saturated heterocycles. The number of rotatable bonds is 45. The lowest BCUT2D eigenvalue weighted by Gasteiger charge is -2.38. The number of nitrogens with one attached hydrogen (secondary N) is 5. The van der Waals surface area contributed by atoms with E-state index < -0.39 is 103 Å². The van der Waals surface area contributed by atoms with Crippen LogP contribution in [-0.4, -0.2) is 271 Å². The number of carboxylic acid groups (broad SMARTS) is 1. The number of aliphatic hydroxyl groups excluding tert-OH is 4. The van der Waals surface area contributed by atoms with Crippen LogP contribution in [0.2, 0.25) is 0 Å². The van der Waals surface area contributed by atoms with Gasteiger partial charge in [0.25, 0.3) is 11.8 Å². The van der Waals surface area contributed by atoms with Gasteiger partial charge in [0.1, 0.15) is 48.6 Å². The quantitative estimate of drug-likeness (QED) is 0.0134. The largest absolute Gasteiger partial charge is 0.493 e. The van der Waals surface area contributed by atoms with Crippen LogP contribution in [0.3, 0.4) is 0 Å². The Hall–Kier alpha value is -10.6. The van der Waals surface area contributed by atoms with E-state index in [1.165, 1.54) is 59.5 Å². The average Bonchev–Trinajstić information content (AvgIpc) is 1.63. The molecule has 7 amide bonds. The minimum Gasteiger partial charge on any atom is -0.493 e. The first-order valence-electron chi connectivity index (χ1n) is 39.3. The van der Waals surface area contributed by atoms with Crippen molar-refractivity contribution in [1.29, 1.82) is 0 Å². The molecule has 0 spiro atoms. The van der Waals surface area contributed by atoms with Crippen LogP contribution in [0.25, 0.3) is 11.1 Å². The Morgan fingerprint density at radius 1 is 0.563 bits per heavy atom. The van der Waals surface area contributed by atoms with Gasteiger partial charge in [-0.05, 0) is 123 Å². The predicted molar refractivity (Wildman–Crippen MR) is 428 cm³/mol. The van der Waals surface area contributed by atoms with Gasteiger partial charge < -0.3 is 127 Å². The van der Waals surface area contributed by atoms with E-state index in [1.807, 2.05) is 24.3 Å². The number of aliphatic hydroxyl groups is 4. The molecule has 0 bridgehead atoms. The number of benzene rings is 5. The number of aliphatic carboxylic acids is 1. The van der Waals surface area contributed by atoms with Crippen molar-refractivity contribution >= 4 is 76.3 Å². The van der Waals surface area contributed by atoms with Crippen LogP contribution in [0.4, 0.5) is 42.8 Å². The van der Waals surface area contributed by atoms with Gasteiger partial charge in [-0.3, -0.25) is 24.5 Å². The first-order valence-corrected chi connectivity index (χ1v) is 39.3. The van der Waals surface area contributed by atoms with Crippen molar-refractivity contribution in [3.8, 4) is 28.4 Å². The van der Waals surface area contributed by atoms with Crippen LogP contribution in [0, 0.1) is 0 Å². The Morgan fingerprint density at radius 2 is 1.14 bits per heavy atom. The van der Waals surface area contributed by atoms with Crippen LogP contribution in [-0.2, 0) is 84.9 Å². The van der Waals surface area contributed by atoms with Gasteiger partial charge in [-0.1, -0.05) is 54.6 Å². The van der Waals surface area contributed by atoms with E-state index in [0.29, 0.717) is 116 Å². The molecule has 4 aliphatic rings. The van der Waals surface area contributed by atoms with E-state index in [-0.39, 0.29) is 123 Å². The summed E-state index contributed by atoms with van der Waals surface area (Å²) in [7, 11) is 3.00. The number of fused-ring (bicyclic) bond motifs is 5. The first kappa shape index (κ1) is 90.7. The summed E-state index contributed by atoms with van der Waals surface area (Å²) < 4.78 is 85.9. The summed E-state index contributed by atoms with van der Waals surface area (Å²) in [6, 6.07) is 30.2. The number of hydrogen-bond donors (Lipinski definition) is 10. The van der Waals surface area contributed by atoms with Crippen molar-refractivity contribution in [3.05, 3.63) is 143 Å². The number of ether oxygens (including phenoxy) is 15. The molecule has 10 N–H and O–H groups in total. The third kappa shape index (κ3) is 26.7. The molecule has 3 aliphatic heterocycles. The molecule has 119 heavy (non-hydrogen) atoms. The predicted octanol–water partition coefficient (Wildman–Crippen LogP) is 7.17. The van der Waals surface area contributed by atoms with Crippen molar-refractivity contribution in [3.63, 3.8) is 0 Å². The van der Waals surface area contributed by atoms with Crippen molar-refractivity contribution in [1.82, 2.24) is 14.8 Å². The van der Waals surface area contributed by atoms with Gasteiger partial charge in [0.05, 0.1) is 155 Å². The minimum absolute atomic E-state index is 0.0106. The molecule has 1 aromatic heterocycles. The van der Waals surface area contributed by atoms with Crippen molar-refractivity contribution in [2.45, 2.75) is 120 Å². The topological polar surface area (TPSA) is 448 Å². The zero-order valence-corrected chi connectivity index (χ0v) is 67.1. The second kappa shape index (κ2) is 45.6. The number of amides is 7. The smallest absolute Gasteiger partial charge is 0.416 e. The van der Waals surface area contributed by atoms with Crippen LogP contribution < -0.4 is 45.7 Å². The Kier molecular flexibility index (Phi) is 34.7. The zero-order chi connectivity index (χ0) is 84.8. The number of anilines is 5. The standard InChI is InChI=1S/C83H106N8O28/c1-83(2,3)119-81(103)87-54-22-20-53(21-23-54)86-75(97)65-46-55(49-89(65)4)85-69(92)18-12-28-114-68-48-64-60(47-67(68)105-5)76(98)90-27-11-10-17-63(90)77(99)91(64)82(104)116-50-52-19-24-66(117-79-73(96)71(94)72(95)74(118-79)78(100)101)62(45-52)88-70(93)25-29-106-31-33-108-35-37-110-39-41-112-43-44-113-42-40-111-38-36-109-34-32-107-30-26-84-80(102)115-51-61-58-15-8-6-13-56(58)57-14-7-9-16-59(57)61/h6-9,13-16,19-24,45-49,61,63,71-74,77,79,94-96,99H,10-12,17-18,25-44,50-51H2,1-5H3,(H,84,102)(H,85,92)(H,86,97)(H,87,103)(H,88,93)(H,100,101)/t63-,71-,72-,73+,74-,77?,79+/m0/s1. The van der Waals surface area contributed by atoms with E-state index in [4.69, 9.17) is 71.1 Å². The van der Waals surface area contributed by atoms with Crippen LogP contribution >= 0.6 is 0 Å². The number of aryl methyl sites for hydroxylation is 1. The number of aromatic nitrogens is 1. The SMILES string of the molecule is COc1cc2c(cc1OCCCC(=O)Nc1cc(C(=O)Nc3ccc(NC(=O)OC(C)(C)C)cc3)n(C)c1)N(C(=O)OCc1ccc(O[C@@H]3O[C@H](C(=O)O)[C@@H](O)[C@H](O)[C@H]3O)c(NC(=O)CCOCCOCCOCCOCCOCCOCCOCCOCCNC(=O)OCC3c4ccccc4-c4ccccc43)c1)C(O)[C@@H]1CCCCN1C2=O. The van der Waals surface area contributed by atoms with Gasteiger partial charge in [0, 0.05) is 56.1 Å². The van der Waals surface area contributed by atoms with Crippen LogP contribution in [0.1, 0.15) is 103 Å². The average molecular weight is 1660 g/mol. The Morgan fingerprint density at radius 3 is 1.74 bits per heavy atom. The Labute approximate surface area is 687 Å². The van der Waals surface area contributed by atoms with Crippen LogP contribution in [0.15, 0.2) is 115 Å². The Balaban J connectivity index is 0.612. The first-order chi connectivity index (χ1) is 57.4. The fraction of sp³-hybridized carbons (Fsp3) is 0.494. The maximum atomic E-state index is 14.6. The number of carboxylic acids is 1. The zero-order valence-electron chi connectivity index (χ0n) is 67.1. The number of piperidine rings is 1. The Bertz CT molecular complexity index is 4300. The molecule has 1 aliphatic carbocycles. The highest BCUT2D eigenvalue weighted by Gasteiger charge is 2.49. The molecule has 10 rings (SSSR count). The lowest BCUT2D eigenvalue weighted by molar-refractivity contribution is -0.271. The molecule has 4 heterocycles. The lowest BCUT2D eigenvalue weighted by atomic mass is 9.98. The third-order valence-corrected chi connectivity index (χ3v) is 19.2. The summed E-state index contributed by atoms with van der Waals surface area (Å²) >= 11 is 0. The van der Waals surface area contributed by atoms with Gasteiger partial charge in [0.2, 0.25) is 18.1 Å². The molecular formula is C83H106N8O28. The monoisotopic (exact) mass is 1660 g/mol. The second-order valence-electron chi connectivity index (χ2n) is 28.9. The fourth-order valence-corrected chi connectivity index (χ4v) is 13.4. The molecular weight excluding hydrogens is 1560 g/mol. The summed E-state index contributed by atoms with van der Waals surface area (Å²) in [5.74, 6) is -3.73. The summed E-state index contributed by atoms with van der Waals surface area (Å²) in [6.45, 7) is 10.1. The molecule has 646 valence electrons. The van der Waals surface area contributed by atoms with Crippen molar-refractivity contribution in [2.75, 3.05) is 165 Å². The molecule has 0 radical (unpaired) electrons. The molecule has 5 aromatic carbocycles. The van der Waals surface area contributed by atoms with E-state index in [9.17, 15) is 63.9 Å². The number of carbonyl (C=O) groups excluding carboxylic acids is 7. The van der Waals surface area contributed by atoms with E-state index in [1.54, 1.807) is 62.8 Å². The molecule has 0 saturated carbocycles. The molecule has 1 unspecified atom stereocenters. The lowest BCUT2D eigenvalue weighted by Crippen LogP contribution is -2.61. The number of methoxy groups -OCH3 is 1. The fourth-order valence-electron chi connectivity index (χ4n) is 13.4. The molecule has 6 aromatic rings. The second-order valence-corrected chi connectivity index (χ2v) is 28.9. The van der Waals surface area contributed by atoms with Gasteiger partial charge in [-0.15, -0.1) is 0 Å². The van der Waals surface area contributed by atoms with Gasteiger partial charge >= 0.3 is 24.2 Å². The van der Waals surface area contributed by atoms with Crippen LogP contribution in [0.5, 0.6) is 17.2 Å². The molecule has 2 fully saturated rings. The summed E-state index contributed by atoms with van der Waals surface area (Å²) in [4.78, 5) is 108. The van der Waals surface area contributed by atoms with E-state index in [0.717, 1.165) is 16.0 Å². The van der Waals surface area contributed by atoms with Crippen molar-refractivity contribution in [2.24, 2.45) is 7.05 Å². The normalized spacial score (nSPS) is 18.1. The van der Waals surface area contributed by atoms with E-state index >= 15 is 0 Å². The summed E-state index contributed by atoms with van der Waals surface area (Å²) in [5.41, 5.74) is 5.43. The molecule has 36 nitrogen and oxygen atoms in total.